The van der Waals surface area contributed by atoms with Crippen molar-refractivity contribution in [2.45, 2.75) is 58.0 Å². The van der Waals surface area contributed by atoms with Crippen LogP contribution in [0, 0.1) is 5.92 Å². The molecule has 0 N–H and O–H groups in total. The third kappa shape index (κ3) is 2.00. The number of piperidine rings is 1. The van der Waals surface area contributed by atoms with Crippen LogP contribution < -0.4 is 0 Å². The van der Waals surface area contributed by atoms with Crippen molar-refractivity contribution in [3.63, 3.8) is 0 Å². The van der Waals surface area contributed by atoms with Crippen molar-refractivity contribution in [1.82, 2.24) is 4.90 Å². The molecular weight excluding hydrogens is 174 g/mol. The Hall–Kier alpha value is -0.370. The zero-order valence-electron chi connectivity index (χ0n) is 9.33. The van der Waals surface area contributed by atoms with Gasteiger partial charge in [0.05, 0.1) is 0 Å². The molecule has 0 aromatic heterocycles. The zero-order chi connectivity index (χ0) is 10.1. The lowest BCUT2D eigenvalue weighted by Crippen LogP contribution is -2.46. The van der Waals surface area contributed by atoms with E-state index >= 15 is 0 Å². The molecule has 80 valence electrons. The van der Waals surface area contributed by atoms with Gasteiger partial charge in [0.25, 0.3) is 0 Å². The molecule has 14 heavy (non-hydrogen) atoms. The normalized spacial score (nSPS) is 40.4. The van der Waals surface area contributed by atoms with Gasteiger partial charge in [-0.1, -0.05) is 6.92 Å². The Kier molecular flexibility index (Phi) is 2.91. The summed E-state index contributed by atoms with van der Waals surface area (Å²) in [6, 6.07) is 1.26. The fraction of sp³-hybridized carbons (Fsp3) is 0.917. The summed E-state index contributed by atoms with van der Waals surface area (Å²) in [5.74, 6) is 1.35. The van der Waals surface area contributed by atoms with Crippen molar-refractivity contribution >= 4 is 5.78 Å². The van der Waals surface area contributed by atoms with E-state index in [0.29, 0.717) is 11.8 Å². The number of carbonyl (C=O) groups is 1. The summed E-state index contributed by atoms with van der Waals surface area (Å²) in [7, 11) is 0. The molecule has 1 heterocycles. The minimum absolute atomic E-state index is 0.458. The highest BCUT2D eigenvalue weighted by Gasteiger charge is 2.32. The van der Waals surface area contributed by atoms with Crippen LogP contribution in [-0.4, -0.2) is 29.3 Å². The van der Waals surface area contributed by atoms with Gasteiger partial charge in [-0.25, -0.2) is 0 Å². The maximum absolute atomic E-state index is 11.3. The zero-order valence-corrected chi connectivity index (χ0v) is 9.33. The van der Waals surface area contributed by atoms with Crippen LogP contribution in [0.4, 0.5) is 0 Å². The summed E-state index contributed by atoms with van der Waals surface area (Å²) >= 11 is 0. The monoisotopic (exact) mass is 195 g/mol. The third-order valence-corrected chi connectivity index (χ3v) is 3.87. The number of carbonyl (C=O) groups excluding carboxylic acids is 1. The fourth-order valence-electron chi connectivity index (χ4n) is 3.04. The Balaban J connectivity index is 1.94. The van der Waals surface area contributed by atoms with Crippen molar-refractivity contribution < 1.29 is 4.79 Å². The second-order valence-corrected chi connectivity index (χ2v) is 5.15. The smallest absolute Gasteiger partial charge is 0.135 e. The molecule has 2 heteroatoms. The van der Waals surface area contributed by atoms with E-state index in [0.717, 1.165) is 31.3 Å². The molecule has 0 aromatic rings. The average molecular weight is 195 g/mol. The molecule has 1 aliphatic heterocycles. The van der Waals surface area contributed by atoms with E-state index in [-0.39, 0.29) is 0 Å². The Morgan fingerprint density at radius 1 is 1.29 bits per heavy atom. The lowest BCUT2D eigenvalue weighted by molar-refractivity contribution is -0.123. The van der Waals surface area contributed by atoms with Gasteiger partial charge < -0.3 is 0 Å². The van der Waals surface area contributed by atoms with Crippen molar-refractivity contribution in [1.29, 1.82) is 0 Å². The molecule has 2 fully saturated rings. The summed E-state index contributed by atoms with van der Waals surface area (Å²) in [4.78, 5) is 13.8. The molecule has 1 saturated carbocycles. The number of Topliss-reactive ketones (excluding diaryl/α,β-unsaturated/α-hetero) is 1. The van der Waals surface area contributed by atoms with Crippen LogP contribution in [0.5, 0.6) is 0 Å². The maximum Gasteiger partial charge on any atom is 0.135 e. The van der Waals surface area contributed by atoms with Crippen LogP contribution in [0.1, 0.15) is 46.0 Å². The van der Waals surface area contributed by atoms with E-state index in [1.165, 1.54) is 19.3 Å². The first-order chi connectivity index (χ1) is 6.66. The molecule has 2 aliphatic rings. The Morgan fingerprint density at radius 3 is 2.64 bits per heavy atom. The Bertz CT molecular complexity index is 226. The van der Waals surface area contributed by atoms with Gasteiger partial charge in [0, 0.05) is 31.5 Å². The maximum atomic E-state index is 11.3. The second-order valence-electron chi connectivity index (χ2n) is 5.15. The number of hydrogen-bond donors (Lipinski definition) is 0. The van der Waals surface area contributed by atoms with Crippen LogP contribution in [-0.2, 0) is 4.79 Å². The van der Waals surface area contributed by atoms with Crippen LogP contribution in [0.25, 0.3) is 0 Å². The second kappa shape index (κ2) is 4.01. The van der Waals surface area contributed by atoms with Crippen LogP contribution >= 0.6 is 0 Å². The molecule has 0 spiro atoms. The molecule has 1 aliphatic carbocycles. The predicted octanol–water partition coefficient (Wildman–Crippen LogP) is 2.23. The molecule has 0 aromatic carbocycles. The Morgan fingerprint density at radius 2 is 2.07 bits per heavy atom. The number of hydrogen-bond acceptors (Lipinski definition) is 2. The highest BCUT2D eigenvalue weighted by Crippen LogP contribution is 2.31. The molecule has 0 amide bonds. The van der Waals surface area contributed by atoms with Crippen molar-refractivity contribution in [2.75, 3.05) is 6.54 Å². The largest absolute Gasteiger partial charge is 0.300 e. The van der Waals surface area contributed by atoms with Gasteiger partial charge in [-0.2, -0.15) is 0 Å². The first-order valence-electron chi connectivity index (χ1n) is 5.94. The van der Waals surface area contributed by atoms with Gasteiger partial charge in [-0.15, -0.1) is 0 Å². The molecule has 2 rings (SSSR count). The van der Waals surface area contributed by atoms with E-state index in [1.807, 2.05) is 0 Å². The molecular formula is C12H21NO. The molecule has 1 saturated heterocycles. The van der Waals surface area contributed by atoms with Crippen molar-refractivity contribution in [3.05, 3.63) is 0 Å². The standard InChI is InChI=1S/C12H21NO/c1-9-3-4-11(7-9)13-6-5-12(14)8-10(13)2/h9-11H,3-8H2,1-2H3. The van der Waals surface area contributed by atoms with Gasteiger partial charge in [-0.3, -0.25) is 9.69 Å². The number of ketones is 1. The number of likely N-dealkylation sites (tertiary alicyclic amines) is 1. The summed E-state index contributed by atoms with van der Waals surface area (Å²) in [5.41, 5.74) is 0. The molecule has 0 bridgehead atoms. The van der Waals surface area contributed by atoms with Gasteiger partial charge in [0.2, 0.25) is 0 Å². The van der Waals surface area contributed by atoms with Gasteiger partial charge in [0.1, 0.15) is 5.78 Å². The first kappa shape index (κ1) is 10.2. The lowest BCUT2D eigenvalue weighted by atomic mass is 9.99. The minimum Gasteiger partial charge on any atom is -0.300 e. The van der Waals surface area contributed by atoms with Gasteiger partial charge >= 0.3 is 0 Å². The number of rotatable bonds is 1. The molecule has 3 atom stereocenters. The van der Waals surface area contributed by atoms with E-state index in [9.17, 15) is 4.79 Å². The SMILES string of the molecule is CC1CCC(N2CCC(=O)CC2C)C1. The van der Waals surface area contributed by atoms with E-state index < -0.39 is 0 Å². The van der Waals surface area contributed by atoms with Crippen LogP contribution in [0.2, 0.25) is 0 Å². The quantitative estimate of drug-likeness (QED) is 0.639. The predicted molar refractivity (Wildman–Crippen MR) is 57.2 cm³/mol. The van der Waals surface area contributed by atoms with E-state index in [4.69, 9.17) is 0 Å². The lowest BCUT2D eigenvalue weighted by Gasteiger charge is -2.37. The van der Waals surface area contributed by atoms with Crippen LogP contribution in [0.15, 0.2) is 0 Å². The average Bonchev–Trinajstić information content (AvgIpc) is 2.51. The van der Waals surface area contributed by atoms with Crippen LogP contribution in [0.3, 0.4) is 0 Å². The highest BCUT2D eigenvalue weighted by atomic mass is 16.1. The van der Waals surface area contributed by atoms with Gasteiger partial charge in [0.15, 0.2) is 0 Å². The number of nitrogens with zero attached hydrogens (tertiary/aromatic N) is 1. The summed E-state index contributed by atoms with van der Waals surface area (Å²) in [6.45, 7) is 5.57. The highest BCUT2D eigenvalue weighted by molar-refractivity contribution is 5.79. The summed E-state index contributed by atoms with van der Waals surface area (Å²) in [6.07, 6.45) is 5.64. The third-order valence-electron chi connectivity index (χ3n) is 3.87. The molecule has 3 unspecified atom stereocenters. The topological polar surface area (TPSA) is 20.3 Å². The molecule has 2 nitrogen and oxygen atoms in total. The molecule has 0 radical (unpaired) electrons. The minimum atomic E-state index is 0.458. The summed E-state index contributed by atoms with van der Waals surface area (Å²) < 4.78 is 0. The van der Waals surface area contributed by atoms with Gasteiger partial charge in [-0.05, 0) is 32.1 Å². The first-order valence-corrected chi connectivity index (χ1v) is 5.94. The Labute approximate surface area is 86.7 Å². The van der Waals surface area contributed by atoms with E-state index in [2.05, 4.69) is 18.7 Å². The van der Waals surface area contributed by atoms with E-state index in [1.54, 1.807) is 0 Å². The van der Waals surface area contributed by atoms with Crippen molar-refractivity contribution in [2.24, 2.45) is 5.92 Å². The van der Waals surface area contributed by atoms with Crippen molar-refractivity contribution in [3.8, 4) is 0 Å². The fourth-order valence-corrected chi connectivity index (χ4v) is 3.04. The summed E-state index contributed by atoms with van der Waals surface area (Å²) in [5, 5.41) is 0.